The number of rotatable bonds is 4. The SMILES string of the molecule is Cc1nn(CCCl)c(C)c1S(=O)(=O)N1CCC(C)CC1. The zero-order valence-corrected chi connectivity index (χ0v) is 13.8. The zero-order chi connectivity index (χ0) is 14.9. The van der Waals surface area contributed by atoms with Gasteiger partial charge in [-0.2, -0.15) is 9.40 Å². The van der Waals surface area contributed by atoms with Crippen LogP contribution in [0.25, 0.3) is 0 Å². The number of aryl methyl sites for hydroxylation is 2. The Morgan fingerprint density at radius 3 is 2.45 bits per heavy atom. The average molecular weight is 320 g/mol. The molecule has 2 heterocycles. The third-order valence-corrected chi connectivity index (χ3v) is 6.27. The number of alkyl halides is 1. The lowest BCUT2D eigenvalue weighted by Gasteiger charge is -2.29. The van der Waals surface area contributed by atoms with E-state index in [1.165, 1.54) is 0 Å². The van der Waals surface area contributed by atoms with Crippen molar-refractivity contribution in [1.29, 1.82) is 0 Å². The molecule has 0 amide bonds. The first-order chi connectivity index (χ1) is 9.37. The van der Waals surface area contributed by atoms with E-state index in [0.29, 0.717) is 47.7 Å². The summed E-state index contributed by atoms with van der Waals surface area (Å²) in [4.78, 5) is 0.358. The van der Waals surface area contributed by atoms with Gasteiger partial charge in [-0.05, 0) is 32.6 Å². The molecule has 0 bridgehead atoms. The number of nitrogens with zero attached hydrogens (tertiary/aromatic N) is 3. The standard InChI is InChI=1S/C13H22ClN3O2S/c1-10-4-7-16(8-5-10)20(18,19)13-11(2)15-17(9-6-14)12(13)3/h10H,4-9H2,1-3H3. The quantitative estimate of drug-likeness (QED) is 0.799. The van der Waals surface area contributed by atoms with Crippen LogP contribution in [0.15, 0.2) is 4.90 Å². The van der Waals surface area contributed by atoms with E-state index in [4.69, 9.17) is 11.6 Å². The maximum absolute atomic E-state index is 12.8. The second-order valence-electron chi connectivity index (χ2n) is 5.50. The minimum Gasteiger partial charge on any atom is -0.267 e. The second-order valence-corrected chi connectivity index (χ2v) is 7.75. The normalized spacial score (nSPS) is 18.6. The predicted octanol–water partition coefficient (Wildman–Crippen LogP) is 2.16. The number of piperidine rings is 1. The minimum atomic E-state index is -3.44. The van der Waals surface area contributed by atoms with Crippen molar-refractivity contribution >= 4 is 21.6 Å². The van der Waals surface area contributed by atoms with Crippen molar-refractivity contribution in [3.63, 3.8) is 0 Å². The van der Waals surface area contributed by atoms with Crippen molar-refractivity contribution in [2.24, 2.45) is 5.92 Å². The molecule has 0 unspecified atom stereocenters. The lowest BCUT2D eigenvalue weighted by molar-refractivity contribution is 0.288. The largest absolute Gasteiger partial charge is 0.267 e. The smallest absolute Gasteiger partial charge is 0.246 e. The van der Waals surface area contributed by atoms with Gasteiger partial charge in [-0.15, -0.1) is 11.6 Å². The Bertz CT molecular complexity index is 575. The molecule has 0 N–H and O–H groups in total. The Hall–Kier alpha value is -0.590. The summed E-state index contributed by atoms with van der Waals surface area (Å²) in [6, 6.07) is 0. The third-order valence-electron chi connectivity index (χ3n) is 3.95. The van der Waals surface area contributed by atoms with E-state index < -0.39 is 10.0 Å². The molecule has 0 saturated carbocycles. The highest BCUT2D eigenvalue weighted by Gasteiger charge is 2.32. The molecule has 1 fully saturated rings. The molecule has 20 heavy (non-hydrogen) atoms. The molecule has 1 saturated heterocycles. The first kappa shape index (κ1) is 15.8. The van der Waals surface area contributed by atoms with Crippen LogP contribution >= 0.6 is 11.6 Å². The summed E-state index contributed by atoms with van der Waals surface area (Å²) in [6.45, 7) is 7.44. The van der Waals surface area contributed by atoms with E-state index in [2.05, 4.69) is 12.0 Å². The predicted molar refractivity (Wildman–Crippen MR) is 79.6 cm³/mol. The van der Waals surface area contributed by atoms with Gasteiger partial charge in [-0.25, -0.2) is 8.42 Å². The highest BCUT2D eigenvalue weighted by molar-refractivity contribution is 7.89. The van der Waals surface area contributed by atoms with Crippen molar-refractivity contribution in [2.45, 2.75) is 45.1 Å². The van der Waals surface area contributed by atoms with E-state index in [9.17, 15) is 8.42 Å². The topological polar surface area (TPSA) is 55.2 Å². The van der Waals surface area contributed by atoms with Gasteiger partial charge in [0.2, 0.25) is 10.0 Å². The summed E-state index contributed by atoms with van der Waals surface area (Å²) < 4.78 is 28.9. The molecular formula is C13H22ClN3O2S. The summed E-state index contributed by atoms with van der Waals surface area (Å²) in [5.74, 6) is 1.02. The molecule has 1 aliphatic heterocycles. The van der Waals surface area contributed by atoms with Gasteiger partial charge < -0.3 is 0 Å². The van der Waals surface area contributed by atoms with Crippen LogP contribution < -0.4 is 0 Å². The molecule has 5 nitrogen and oxygen atoms in total. The van der Waals surface area contributed by atoms with Gasteiger partial charge in [0, 0.05) is 19.0 Å². The molecule has 0 aliphatic carbocycles. The molecule has 1 aromatic rings. The molecule has 1 aliphatic rings. The zero-order valence-electron chi connectivity index (χ0n) is 12.3. The highest BCUT2D eigenvalue weighted by Crippen LogP contribution is 2.27. The fraction of sp³-hybridized carbons (Fsp3) is 0.769. The average Bonchev–Trinajstić information content (AvgIpc) is 2.66. The fourth-order valence-corrected chi connectivity index (χ4v) is 4.71. The first-order valence-electron chi connectivity index (χ1n) is 6.98. The van der Waals surface area contributed by atoms with Crippen molar-refractivity contribution < 1.29 is 8.42 Å². The van der Waals surface area contributed by atoms with Crippen LogP contribution in [-0.4, -0.2) is 41.5 Å². The Morgan fingerprint density at radius 2 is 1.90 bits per heavy atom. The van der Waals surface area contributed by atoms with Gasteiger partial charge in [0.15, 0.2) is 0 Å². The number of aromatic nitrogens is 2. The Labute approximate surface area is 126 Å². The molecule has 0 radical (unpaired) electrons. The van der Waals surface area contributed by atoms with Crippen LogP contribution in [0.5, 0.6) is 0 Å². The lowest BCUT2D eigenvalue weighted by Crippen LogP contribution is -2.38. The van der Waals surface area contributed by atoms with Crippen LogP contribution in [0, 0.1) is 19.8 Å². The van der Waals surface area contributed by atoms with Gasteiger partial charge in [0.05, 0.1) is 17.9 Å². The van der Waals surface area contributed by atoms with Crippen molar-refractivity contribution in [1.82, 2.24) is 14.1 Å². The number of sulfonamides is 1. The molecular weight excluding hydrogens is 298 g/mol. The number of halogens is 1. The highest BCUT2D eigenvalue weighted by atomic mass is 35.5. The van der Waals surface area contributed by atoms with Crippen LogP contribution in [-0.2, 0) is 16.6 Å². The van der Waals surface area contributed by atoms with E-state index in [1.54, 1.807) is 22.8 Å². The van der Waals surface area contributed by atoms with Crippen LogP contribution in [0.2, 0.25) is 0 Å². The molecule has 1 aromatic heterocycles. The molecule has 2 rings (SSSR count). The summed E-state index contributed by atoms with van der Waals surface area (Å²) >= 11 is 5.73. The van der Waals surface area contributed by atoms with E-state index >= 15 is 0 Å². The monoisotopic (exact) mass is 319 g/mol. The molecule has 7 heteroatoms. The van der Waals surface area contributed by atoms with E-state index in [1.807, 2.05) is 0 Å². The van der Waals surface area contributed by atoms with Gasteiger partial charge >= 0.3 is 0 Å². The summed E-state index contributed by atoms with van der Waals surface area (Å²) in [5, 5.41) is 4.30. The Morgan fingerprint density at radius 1 is 1.30 bits per heavy atom. The number of hydrogen-bond donors (Lipinski definition) is 0. The van der Waals surface area contributed by atoms with Crippen molar-refractivity contribution in [3.8, 4) is 0 Å². The maximum Gasteiger partial charge on any atom is 0.246 e. The van der Waals surface area contributed by atoms with Crippen molar-refractivity contribution in [2.75, 3.05) is 19.0 Å². The maximum atomic E-state index is 12.8. The molecule has 0 spiro atoms. The Balaban J connectivity index is 2.34. The lowest BCUT2D eigenvalue weighted by atomic mass is 10.0. The van der Waals surface area contributed by atoms with Crippen LogP contribution in [0.3, 0.4) is 0 Å². The third kappa shape index (κ3) is 2.87. The van der Waals surface area contributed by atoms with Crippen LogP contribution in [0.1, 0.15) is 31.2 Å². The van der Waals surface area contributed by atoms with E-state index in [0.717, 1.165) is 12.8 Å². The summed E-state index contributed by atoms with van der Waals surface area (Å²) in [6.07, 6.45) is 1.85. The van der Waals surface area contributed by atoms with Gasteiger partial charge in [0.1, 0.15) is 4.90 Å². The van der Waals surface area contributed by atoms with Crippen molar-refractivity contribution in [3.05, 3.63) is 11.4 Å². The van der Waals surface area contributed by atoms with E-state index in [-0.39, 0.29) is 0 Å². The van der Waals surface area contributed by atoms with Crippen LogP contribution in [0.4, 0.5) is 0 Å². The Kier molecular flexibility index (Phi) is 4.76. The molecule has 114 valence electrons. The van der Waals surface area contributed by atoms with Gasteiger partial charge in [0.25, 0.3) is 0 Å². The minimum absolute atomic E-state index is 0.358. The van der Waals surface area contributed by atoms with Gasteiger partial charge in [-0.3, -0.25) is 4.68 Å². The first-order valence-corrected chi connectivity index (χ1v) is 8.95. The van der Waals surface area contributed by atoms with Gasteiger partial charge in [-0.1, -0.05) is 6.92 Å². The molecule has 0 atom stereocenters. The second kappa shape index (κ2) is 6.03. The summed E-state index contributed by atoms with van der Waals surface area (Å²) in [5.41, 5.74) is 1.24. The fourth-order valence-electron chi connectivity index (χ4n) is 2.71. The number of hydrogen-bond acceptors (Lipinski definition) is 3. The molecule has 0 aromatic carbocycles. The summed E-state index contributed by atoms with van der Waals surface area (Å²) in [7, 11) is -3.44.